The van der Waals surface area contributed by atoms with Crippen molar-refractivity contribution in [2.45, 2.75) is 65.2 Å². The zero-order valence-corrected chi connectivity index (χ0v) is 18.8. The minimum absolute atomic E-state index is 0.123. The van der Waals surface area contributed by atoms with Gasteiger partial charge in [0.25, 0.3) is 0 Å². The molecule has 8 heteroatoms. The molecule has 0 aromatic heterocycles. The van der Waals surface area contributed by atoms with Crippen LogP contribution in [0.15, 0.2) is 0 Å². The van der Waals surface area contributed by atoms with Gasteiger partial charge < -0.3 is 9.47 Å². The minimum Gasteiger partial charge on any atom is -0.465 e. The van der Waals surface area contributed by atoms with Gasteiger partial charge in [0.2, 0.25) is 11.2 Å². The van der Waals surface area contributed by atoms with Crippen LogP contribution in [0.5, 0.6) is 0 Å². The second-order valence-corrected chi connectivity index (χ2v) is 20.1. The molecule has 0 aliphatic carbocycles. The largest absolute Gasteiger partial charge is 0.465 e. The summed E-state index contributed by atoms with van der Waals surface area (Å²) in [4.78, 5) is 48.6. The van der Waals surface area contributed by atoms with Crippen LogP contribution >= 0.6 is 0 Å². The molecule has 0 fully saturated rings. The smallest absolute Gasteiger partial charge is 0.331 e. The molecule has 0 saturated heterocycles. The molecule has 0 radical (unpaired) electrons. The van der Waals surface area contributed by atoms with Gasteiger partial charge in [0, 0.05) is 23.1 Å². The molecule has 0 aromatic carbocycles. The highest BCUT2D eigenvalue weighted by molar-refractivity contribution is 6.76. The highest BCUT2D eigenvalue weighted by Crippen LogP contribution is 2.24. The summed E-state index contributed by atoms with van der Waals surface area (Å²) in [5.41, 5.74) is -2.23. The van der Waals surface area contributed by atoms with E-state index in [0.29, 0.717) is 12.1 Å². The van der Waals surface area contributed by atoms with E-state index in [0.717, 1.165) is 13.8 Å². The number of Topliss-reactive ketones (excluding diaryl/α,β-unsaturated/α-hetero) is 2. The van der Waals surface area contributed by atoms with Gasteiger partial charge in [-0.05, 0) is 19.0 Å². The Hall–Kier alpha value is -1.29. The van der Waals surface area contributed by atoms with E-state index in [2.05, 4.69) is 39.3 Å². The van der Waals surface area contributed by atoms with E-state index < -0.39 is 45.1 Å². The molecule has 0 saturated carbocycles. The Morgan fingerprint density at radius 2 is 1.08 bits per heavy atom. The topological polar surface area (TPSA) is 86.7 Å². The molecule has 0 spiro atoms. The molecule has 0 aliphatic rings. The third-order valence-corrected chi connectivity index (χ3v) is 7.17. The van der Waals surface area contributed by atoms with Gasteiger partial charge in [-0.25, -0.2) is 0 Å². The molecule has 0 aromatic rings. The summed E-state index contributed by atoms with van der Waals surface area (Å²) >= 11 is 0. The van der Waals surface area contributed by atoms with Gasteiger partial charge in [0.05, 0.1) is 13.2 Å². The third-order valence-electron chi connectivity index (χ3n) is 3.76. The molecule has 0 amide bonds. The van der Waals surface area contributed by atoms with Crippen molar-refractivity contribution < 1.29 is 28.7 Å². The molecular weight excluding hydrogens is 356 g/mol. The van der Waals surface area contributed by atoms with Crippen LogP contribution in [0.2, 0.25) is 51.4 Å². The number of hydrogen-bond donors (Lipinski definition) is 0. The molecule has 25 heavy (non-hydrogen) atoms. The molecule has 0 heterocycles. The highest BCUT2D eigenvalue weighted by Gasteiger charge is 2.53. The number of carbonyl (C=O) groups is 4. The number of carbonyl (C=O) groups excluding carboxylic acids is 4. The van der Waals surface area contributed by atoms with Crippen molar-refractivity contribution in [3.63, 3.8) is 0 Å². The first-order valence-corrected chi connectivity index (χ1v) is 15.9. The van der Waals surface area contributed by atoms with Crippen molar-refractivity contribution in [1.82, 2.24) is 0 Å². The molecule has 6 nitrogen and oxygen atoms in total. The fourth-order valence-corrected chi connectivity index (χ4v) is 3.24. The zero-order valence-electron chi connectivity index (χ0n) is 16.8. The van der Waals surface area contributed by atoms with Gasteiger partial charge in [-0.3, -0.25) is 19.2 Å². The van der Waals surface area contributed by atoms with Crippen molar-refractivity contribution in [3.8, 4) is 0 Å². The summed E-state index contributed by atoms with van der Waals surface area (Å²) < 4.78 is 10.3. The lowest BCUT2D eigenvalue weighted by atomic mass is 9.84. The van der Waals surface area contributed by atoms with Gasteiger partial charge in [0.15, 0.2) is 5.78 Å². The van der Waals surface area contributed by atoms with E-state index in [1.54, 1.807) is 0 Å². The zero-order chi connectivity index (χ0) is 20.1. The van der Waals surface area contributed by atoms with Crippen LogP contribution in [0.1, 0.15) is 13.8 Å². The van der Waals surface area contributed by atoms with Crippen LogP contribution < -0.4 is 0 Å². The van der Waals surface area contributed by atoms with Crippen LogP contribution in [0.4, 0.5) is 0 Å². The summed E-state index contributed by atoms with van der Waals surface area (Å²) in [6, 6.07) is 1.40. The Morgan fingerprint density at radius 1 is 0.760 bits per heavy atom. The van der Waals surface area contributed by atoms with Crippen molar-refractivity contribution in [2.75, 3.05) is 13.2 Å². The SMILES string of the molecule is CC(=O)C(=O)C(C)(C(=O)OCC[Si](C)(C)C)C(=O)OCC[Si](C)(C)C. The Bertz CT molecular complexity index is 496. The van der Waals surface area contributed by atoms with E-state index in [-0.39, 0.29) is 13.2 Å². The Morgan fingerprint density at radius 3 is 1.32 bits per heavy atom. The number of ether oxygens (including phenoxy) is 2. The van der Waals surface area contributed by atoms with Crippen LogP contribution in [0.25, 0.3) is 0 Å². The Kier molecular flexibility index (Phi) is 8.43. The number of esters is 2. The summed E-state index contributed by atoms with van der Waals surface area (Å²) in [5, 5.41) is 0. The van der Waals surface area contributed by atoms with E-state index in [4.69, 9.17) is 9.47 Å². The minimum atomic E-state index is -2.23. The maximum atomic E-state index is 12.4. The lowest BCUT2D eigenvalue weighted by molar-refractivity contribution is -0.174. The van der Waals surface area contributed by atoms with Crippen LogP contribution in [0, 0.1) is 5.41 Å². The normalized spacial score (nSPS) is 12.5. The van der Waals surface area contributed by atoms with Gasteiger partial charge >= 0.3 is 11.9 Å². The number of rotatable bonds is 10. The molecule has 0 rings (SSSR count). The predicted octanol–water partition coefficient (Wildman–Crippen LogP) is 2.91. The third kappa shape index (κ3) is 8.09. The summed E-state index contributed by atoms with van der Waals surface area (Å²) in [6.07, 6.45) is 0. The Labute approximate surface area is 152 Å². The maximum Gasteiger partial charge on any atom is 0.331 e. The number of ketones is 2. The van der Waals surface area contributed by atoms with Crippen molar-refractivity contribution >= 4 is 39.7 Å². The van der Waals surface area contributed by atoms with Crippen LogP contribution in [-0.2, 0) is 28.7 Å². The van der Waals surface area contributed by atoms with E-state index in [9.17, 15) is 19.2 Å². The molecule has 0 unspecified atom stereocenters. The average molecular weight is 389 g/mol. The molecule has 0 bridgehead atoms. The fourth-order valence-electron chi connectivity index (χ4n) is 1.81. The monoisotopic (exact) mass is 388 g/mol. The van der Waals surface area contributed by atoms with Crippen molar-refractivity contribution in [2.24, 2.45) is 5.41 Å². The van der Waals surface area contributed by atoms with Crippen molar-refractivity contribution in [1.29, 1.82) is 0 Å². The first-order valence-electron chi connectivity index (χ1n) is 8.51. The number of hydrogen-bond acceptors (Lipinski definition) is 6. The quantitative estimate of drug-likeness (QED) is 0.247. The van der Waals surface area contributed by atoms with Gasteiger partial charge in [-0.15, -0.1) is 0 Å². The van der Waals surface area contributed by atoms with Crippen molar-refractivity contribution in [3.05, 3.63) is 0 Å². The van der Waals surface area contributed by atoms with Gasteiger partial charge in [-0.1, -0.05) is 39.3 Å². The van der Waals surface area contributed by atoms with Crippen LogP contribution in [-0.4, -0.2) is 52.9 Å². The second-order valence-electron chi connectivity index (χ2n) is 8.90. The van der Waals surface area contributed by atoms with E-state index >= 15 is 0 Å². The molecule has 0 atom stereocenters. The van der Waals surface area contributed by atoms with Gasteiger partial charge in [-0.2, -0.15) is 0 Å². The second kappa shape index (κ2) is 8.89. The molecule has 0 aliphatic heterocycles. The first kappa shape index (κ1) is 23.7. The molecule has 144 valence electrons. The lowest BCUT2D eigenvalue weighted by Gasteiger charge is -2.25. The highest BCUT2D eigenvalue weighted by atomic mass is 28.3. The Balaban J connectivity index is 5.17. The lowest BCUT2D eigenvalue weighted by Crippen LogP contribution is -2.49. The standard InChI is InChI=1S/C17H32O6Si2/c1-13(18)14(19)17(2,15(20)22-9-11-24(3,4)5)16(21)23-10-12-25(6,7)8/h9-12H2,1-8H3. The molecule has 0 N–H and O–H groups in total. The summed E-state index contributed by atoms with van der Waals surface area (Å²) in [5.74, 6) is -3.98. The summed E-state index contributed by atoms with van der Waals surface area (Å²) in [6.45, 7) is 15.1. The predicted molar refractivity (Wildman–Crippen MR) is 102 cm³/mol. The molecular formula is C17H32O6Si2. The average Bonchev–Trinajstić information content (AvgIpc) is 2.42. The fraction of sp³-hybridized carbons (Fsp3) is 0.765. The maximum absolute atomic E-state index is 12.4. The van der Waals surface area contributed by atoms with Gasteiger partial charge in [0.1, 0.15) is 0 Å². The van der Waals surface area contributed by atoms with E-state index in [1.807, 2.05) is 0 Å². The summed E-state index contributed by atoms with van der Waals surface area (Å²) in [7, 11) is -2.88. The van der Waals surface area contributed by atoms with E-state index in [1.165, 1.54) is 0 Å². The van der Waals surface area contributed by atoms with Crippen LogP contribution in [0.3, 0.4) is 0 Å². The first-order chi connectivity index (χ1) is 11.1.